The molecule has 0 aliphatic heterocycles. The summed E-state index contributed by atoms with van der Waals surface area (Å²) in [4.78, 5) is 21.3. The second-order valence-electron chi connectivity index (χ2n) is 7.11. The summed E-state index contributed by atoms with van der Waals surface area (Å²) < 4.78 is 7.51. The Bertz CT molecular complexity index is 1350. The summed E-state index contributed by atoms with van der Waals surface area (Å²) in [6.45, 7) is 0.507. The molecule has 0 unspecified atom stereocenters. The van der Waals surface area contributed by atoms with E-state index in [1.54, 1.807) is 41.3 Å². The topological polar surface area (TPSA) is 81.4 Å². The second-order valence-corrected chi connectivity index (χ2v) is 7.11. The second kappa shape index (κ2) is 8.69. The van der Waals surface area contributed by atoms with Crippen molar-refractivity contribution in [3.63, 3.8) is 0 Å². The van der Waals surface area contributed by atoms with Crippen LogP contribution in [0.15, 0.2) is 97.5 Å². The van der Waals surface area contributed by atoms with Gasteiger partial charge in [0.05, 0.1) is 6.20 Å². The molecule has 32 heavy (non-hydrogen) atoms. The van der Waals surface area contributed by atoms with E-state index in [9.17, 15) is 4.79 Å². The lowest BCUT2D eigenvalue weighted by Gasteiger charge is -2.07. The lowest BCUT2D eigenvalue weighted by Crippen LogP contribution is -2.15. The normalized spacial score (nSPS) is 10.8. The molecule has 0 radical (unpaired) electrons. The highest BCUT2D eigenvalue weighted by molar-refractivity contribution is 6.02. The molecule has 5 rings (SSSR count). The minimum absolute atomic E-state index is 0.285. The highest BCUT2D eigenvalue weighted by atomic mass is 16.5. The number of carbonyl (C=O) groups is 1. The molecule has 0 atom stereocenters. The number of carbonyl (C=O) groups excluding carboxylic acids is 1. The molecule has 0 aliphatic rings. The molecule has 0 saturated carbocycles. The van der Waals surface area contributed by atoms with E-state index in [1.165, 1.54) is 0 Å². The fraction of sp³-hybridized carbons (Fsp3) is 0.0400. The number of rotatable bonds is 6. The van der Waals surface area contributed by atoms with Crippen LogP contribution in [0, 0.1) is 0 Å². The molecule has 0 bridgehead atoms. The molecule has 7 nitrogen and oxygen atoms in total. The third kappa shape index (κ3) is 4.17. The van der Waals surface area contributed by atoms with Gasteiger partial charge in [0.15, 0.2) is 5.65 Å². The lowest BCUT2D eigenvalue weighted by molar-refractivity contribution is 0.102. The standard InChI is InChI=1S/C25H19N5O2/c31-25(29-23-8-4-5-14-26-23)22-13-15-30-24(28-22)21(16-27-30)19-9-11-20(12-10-19)32-17-18-6-2-1-3-7-18/h1-16H,17H2,(H,26,29,31). The quantitative estimate of drug-likeness (QED) is 0.433. The molecule has 156 valence electrons. The van der Waals surface area contributed by atoms with E-state index in [2.05, 4.69) is 20.4 Å². The number of aromatic nitrogens is 4. The zero-order valence-corrected chi connectivity index (χ0v) is 17.1. The van der Waals surface area contributed by atoms with Crippen LogP contribution in [0.1, 0.15) is 16.1 Å². The molecule has 3 aromatic heterocycles. The Morgan fingerprint density at radius 3 is 2.53 bits per heavy atom. The van der Waals surface area contributed by atoms with Crippen LogP contribution in [0.3, 0.4) is 0 Å². The maximum Gasteiger partial charge on any atom is 0.275 e. The molecule has 1 amide bonds. The summed E-state index contributed by atoms with van der Waals surface area (Å²) in [6.07, 6.45) is 5.08. The van der Waals surface area contributed by atoms with Crippen LogP contribution in [0.25, 0.3) is 16.8 Å². The van der Waals surface area contributed by atoms with E-state index in [4.69, 9.17) is 4.74 Å². The van der Waals surface area contributed by atoms with Crippen LogP contribution < -0.4 is 10.1 Å². The van der Waals surface area contributed by atoms with Crippen molar-refractivity contribution >= 4 is 17.4 Å². The van der Waals surface area contributed by atoms with Gasteiger partial charge in [0.2, 0.25) is 0 Å². The van der Waals surface area contributed by atoms with Crippen LogP contribution in [0.5, 0.6) is 5.75 Å². The smallest absolute Gasteiger partial charge is 0.275 e. The minimum Gasteiger partial charge on any atom is -0.489 e. The number of anilines is 1. The van der Waals surface area contributed by atoms with E-state index in [0.29, 0.717) is 18.1 Å². The van der Waals surface area contributed by atoms with Crippen molar-refractivity contribution in [3.8, 4) is 16.9 Å². The predicted molar refractivity (Wildman–Crippen MR) is 121 cm³/mol. The van der Waals surface area contributed by atoms with E-state index in [1.807, 2.05) is 60.7 Å². The number of hydrogen-bond acceptors (Lipinski definition) is 5. The predicted octanol–water partition coefficient (Wildman–Crippen LogP) is 4.62. The Morgan fingerprint density at radius 1 is 0.938 bits per heavy atom. The van der Waals surface area contributed by atoms with Crippen molar-refractivity contribution in [3.05, 3.63) is 109 Å². The number of benzene rings is 2. The monoisotopic (exact) mass is 421 g/mol. The van der Waals surface area contributed by atoms with Gasteiger partial charge in [-0.2, -0.15) is 5.10 Å². The van der Waals surface area contributed by atoms with Gasteiger partial charge in [0.25, 0.3) is 5.91 Å². The van der Waals surface area contributed by atoms with Gasteiger partial charge in [-0.05, 0) is 41.5 Å². The number of amides is 1. The molecule has 0 spiro atoms. The first-order valence-electron chi connectivity index (χ1n) is 10.1. The molecule has 7 heteroatoms. The third-order valence-corrected chi connectivity index (χ3v) is 4.92. The van der Waals surface area contributed by atoms with Crippen molar-refractivity contribution in [2.24, 2.45) is 0 Å². The van der Waals surface area contributed by atoms with Gasteiger partial charge in [-0.3, -0.25) is 4.79 Å². The SMILES string of the molecule is O=C(Nc1ccccn1)c1ccn2ncc(-c3ccc(OCc4ccccc4)cc3)c2n1. The fourth-order valence-corrected chi connectivity index (χ4v) is 3.29. The van der Waals surface area contributed by atoms with Gasteiger partial charge in [0, 0.05) is 18.0 Å². The minimum atomic E-state index is -0.331. The van der Waals surface area contributed by atoms with Crippen LogP contribution in [0.4, 0.5) is 5.82 Å². The molecule has 3 heterocycles. The Hall–Kier alpha value is -4.52. The molecular formula is C25H19N5O2. The Kier molecular flexibility index (Phi) is 5.28. The summed E-state index contributed by atoms with van der Waals surface area (Å²) in [7, 11) is 0. The highest BCUT2D eigenvalue weighted by Crippen LogP contribution is 2.26. The first-order chi connectivity index (χ1) is 15.8. The van der Waals surface area contributed by atoms with Gasteiger partial charge >= 0.3 is 0 Å². The van der Waals surface area contributed by atoms with Gasteiger partial charge in [-0.15, -0.1) is 0 Å². The van der Waals surface area contributed by atoms with Crippen molar-refractivity contribution in [1.29, 1.82) is 0 Å². The Morgan fingerprint density at radius 2 is 1.75 bits per heavy atom. The van der Waals surface area contributed by atoms with Crippen molar-refractivity contribution in [1.82, 2.24) is 19.6 Å². The first-order valence-corrected chi connectivity index (χ1v) is 10.1. The van der Waals surface area contributed by atoms with E-state index >= 15 is 0 Å². The summed E-state index contributed by atoms with van der Waals surface area (Å²) in [5.41, 5.74) is 3.75. The summed E-state index contributed by atoms with van der Waals surface area (Å²) in [5.74, 6) is 0.916. The molecule has 0 fully saturated rings. The number of pyridine rings is 1. The molecule has 5 aromatic rings. The summed E-state index contributed by atoms with van der Waals surface area (Å²) in [5, 5.41) is 7.11. The number of fused-ring (bicyclic) bond motifs is 1. The molecule has 0 aliphatic carbocycles. The maximum atomic E-state index is 12.6. The first kappa shape index (κ1) is 19.4. The van der Waals surface area contributed by atoms with Crippen LogP contribution >= 0.6 is 0 Å². The zero-order chi connectivity index (χ0) is 21.8. The average molecular weight is 421 g/mol. The van der Waals surface area contributed by atoms with Crippen molar-refractivity contribution < 1.29 is 9.53 Å². The highest BCUT2D eigenvalue weighted by Gasteiger charge is 2.13. The van der Waals surface area contributed by atoms with Crippen LogP contribution in [-0.4, -0.2) is 25.5 Å². The fourth-order valence-electron chi connectivity index (χ4n) is 3.29. The number of hydrogen-bond donors (Lipinski definition) is 1. The maximum absolute atomic E-state index is 12.6. The molecule has 2 aromatic carbocycles. The van der Waals surface area contributed by atoms with Crippen LogP contribution in [0.2, 0.25) is 0 Å². The number of nitrogens with one attached hydrogen (secondary N) is 1. The molecular weight excluding hydrogens is 402 g/mol. The molecule has 0 saturated heterocycles. The number of ether oxygens (including phenoxy) is 1. The van der Waals surface area contributed by atoms with Crippen LogP contribution in [-0.2, 0) is 6.61 Å². The zero-order valence-electron chi connectivity index (χ0n) is 17.1. The Balaban J connectivity index is 1.36. The lowest BCUT2D eigenvalue weighted by atomic mass is 10.1. The van der Waals surface area contributed by atoms with E-state index in [0.717, 1.165) is 22.4 Å². The van der Waals surface area contributed by atoms with Crippen molar-refractivity contribution in [2.75, 3.05) is 5.32 Å². The van der Waals surface area contributed by atoms with Gasteiger partial charge < -0.3 is 10.1 Å². The summed E-state index contributed by atoms with van der Waals surface area (Å²) >= 11 is 0. The largest absolute Gasteiger partial charge is 0.489 e. The van der Waals surface area contributed by atoms with Gasteiger partial charge in [0.1, 0.15) is 23.9 Å². The average Bonchev–Trinajstić information content (AvgIpc) is 3.28. The van der Waals surface area contributed by atoms with E-state index < -0.39 is 0 Å². The van der Waals surface area contributed by atoms with Gasteiger partial charge in [-0.25, -0.2) is 14.5 Å². The Labute approximate surface area is 184 Å². The summed E-state index contributed by atoms with van der Waals surface area (Å²) in [6, 6.07) is 24.7. The number of nitrogens with zero attached hydrogens (tertiary/aromatic N) is 4. The van der Waals surface area contributed by atoms with E-state index in [-0.39, 0.29) is 11.6 Å². The van der Waals surface area contributed by atoms with Gasteiger partial charge in [-0.1, -0.05) is 48.5 Å². The third-order valence-electron chi connectivity index (χ3n) is 4.92. The van der Waals surface area contributed by atoms with Crippen molar-refractivity contribution in [2.45, 2.75) is 6.61 Å². The molecule has 1 N–H and O–H groups in total.